The van der Waals surface area contributed by atoms with Crippen molar-refractivity contribution in [1.29, 1.82) is 0 Å². The zero-order valence-corrected chi connectivity index (χ0v) is 15.9. The second-order valence-corrected chi connectivity index (χ2v) is 8.17. The minimum Gasteiger partial charge on any atom is -0.369 e. The van der Waals surface area contributed by atoms with E-state index in [2.05, 4.69) is 10.3 Å². The third kappa shape index (κ3) is 2.64. The minimum atomic E-state index is -0.239. The summed E-state index contributed by atoms with van der Waals surface area (Å²) >= 11 is 0. The van der Waals surface area contributed by atoms with E-state index in [1.807, 2.05) is 34.8 Å². The lowest BCUT2D eigenvalue weighted by molar-refractivity contribution is 0.00307. The Morgan fingerprint density at radius 1 is 1.32 bits per heavy atom. The van der Waals surface area contributed by atoms with E-state index in [-0.39, 0.29) is 35.4 Å². The van der Waals surface area contributed by atoms with E-state index in [1.54, 1.807) is 24.5 Å². The van der Waals surface area contributed by atoms with E-state index in [4.69, 9.17) is 4.74 Å². The smallest absolute Gasteiger partial charge is 0.270 e. The van der Waals surface area contributed by atoms with Crippen LogP contribution in [0.1, 0.15) is 33.7 Å². The summed E-state index contributed by atoms with van der Waals surface area (Å²) in [5.41, 5.74) is 1.08. The number of hydrogen-bond donors (Lipinski definition) is 1. The van der Waals surface area contributed by atoms with Crippen molar-refractivity contribution in [1.82, 2.24) is 19.8 Å². The molecule has 4 atom stereocenters. The van der Waals surface area contributed by atoms with Gasteiger partial charge in [-0.3, -0.25) is 14.6 Å². The molecule has 5 heterocycles. The first-order valence-corrected chi connectivity index (χ1v) is 9.84. The number of aromatic nitrogens is 2. The maximum absolute atomic E-state index is 13.0. The summed E-state index contributed by atoms with van der Waals surface area (Å²) < 4.78 is 8.26. The fourth-order valence-corrected chi connectivity index (χ4v) is 5.28. The van der Waals surface area contributed by atoms with Crippen molar-refractivity contribution in [3.05, 3.63) is 54.1 Å². The van der Waals surface area contributed by atoms with Crippen molar-refractivity contribution >= 4 is 11.8 Å². The first-order chi connectivity index (χ1) is 13.6. The third-order valence-corrected chi connectivity index (χ3v) is 6.67. The molecule has 2 aromatic heterocycles. The normalized spacial score (nSPS) is 30.5. The van der Waals surface area contributed by atoms with Crippen molar-refractivity contribution in [2.24, 2.45) is 18.9 Å². The Labute approximate surface area is 163 Å². The van der Waals surface area contributed by atoms with Crippen LogP contribution in [0.4, 0.5) is 0 Å². The van der Waals surface area contributed by atoms with E-state index >= 15 is 0 Å². The van der Waals surface area contributed by atoms with Crippen LogP contribution in [0.15, 0.2) is 42.9 Å². The number of nitrogens with zero attached hydrogens (tertiary/aromatic N) is 3. The summed E-state index contributed by atoms with van der Waals surface area (Å²) in [4.78, 5) is 31.3. The van der Waals surface area contributed by atoms with Gasteiger partial charge < -0.3 is 19.5 Å². The van der Waals surface area contributed by atoms with Gasteiger partial charge in [-0.25, -0.2) is 0 Å². The van der Waals surface area contributed by atoms with E-state index < -0.39 is 0 Å². The molecule has 0 radical (unpaired) electrons. The molecule has 5 rings (SSSR count). The van der Waals surface area contributed by atoms with Gasteiger partial charge in [-0.1, -0.05) is 0 Å². The molecule has 3 aliphatic rings. The van der Waals surface area contributed by atoms with Crippen LogP contribution in [0.2, 0.25) is 0 Å². The topological polar surface area (TPSA) is 76.5 Å². The Morgan fingerprint density at radius 3 is 2.89 bits per heavy atom. The molecule has 3 fully saturated rings. The largest absolute Gasteiger partial charge is 0.369 e. The molecule has 146 valence electrons. The summed E-state index contributed by atoms with van der Waals surface area (Å²) in [6.45, 7) is 1.91. The van der Waals surface area contributed by atoms with Crippen molar-refractivity contribution < 1.29 is 14.3 Å². The number of ether oxygens (including phenoxy) is 1. The van der Waals surface area contributed by atoms with Crippen LogP contribution in [0, 0.1) is 11.8 Å². The van der Waals surface area contributed by atoms with Gasteiger partial charge in [0.15, 0.2) is 0 Å². The van der Waals surface area contributed by atoms with Gasteiger partial charge in [-0.05, 0) is 37.1 Å². The second kappa shape index (κ2) is 6.44. The molecule has 2 amide bonds. The molecular formula is C21H24N4O3. The third-order valence-electron chi connectivity index (χ3n) is 6.67. The zero-order valence-electron chi connectivity index (χ0n) is 15.9. The predicted molar refractivity (Wildman–Crippen MR) is 102 cm³/mol. The van der Waals surface area contributed by atoms with Gasteiger partial charge in [0, 0.05) is 56.1 Å². The number of likely N-dealkylation sites (tertiary alicyclic amines) is 1. The molecule has 28 heavy (non-hydrogen) atoms. The number of pyridine rings is 1. The molecule has 1 N–H and O–H groups in total. The summed E-state index contributed by atoms with van der Waals surface area (Å²) in [5, 5.41) is 3.06. The van der Waals surface area contributed by atoms with Crippen LogP contribution in [-0.2, 0) is 11.8 Å². The zero-order chi connectivity index (χ0) is 19.3. The summed E-state index contributed by atoms with van der Waals surface area (Å²) in [6.07, 6.45) is 7.30. The maximum atomic E-state index is 13.0. The number of rotatable bonds is 4. The van der Waals surface area contributed by atoms with E-state index in [0.29, 0.717) is 30.9 Å². The van der Waals surface area contributed by atoms with Crippen molar-refractivity contribution in [3.8, 4) is 0 Å². The van der Waals surface area contributed by atoms with Crippen molar-refractivity contribution in [2.45, 2.75) is 24.5 Å². The van der Waals surface area contributed by atoms with Crippen molar-refractivity contribution in [2.75, 3.05) is 19.6 Å². The van der Waals surface area contributed by atoms with Crippen LogP contribution in [0.5, 0.6) is 0 Å². The Morgan fingerprint density at radius 2 is 2.14 bits per heavy atom. The number of carbonyl (C=O) groups excluding carboxylic acids is 2. The van der Waals surface area contributed by atoms with E-state index in [0.717, 1.165) is 12.8 Å². The Bertz CT molecular complexity index is 911. The standard InChI is InChI=1S/C21H24N4O3/c1-24-10-2-3-17(24)20(27)25-12-16-15(18-4-7-21(16,13-25)28-18)11-23-19(26)14-5-8-22-9-6-14/h2-3,5-6,8-10,15-16,18H,4,7,11-13H2,1H3,(H,23,26)/t15-,16+,18+,21+/m0/s1. The summed E-state index contributed by atoms with van der Waals surface area (Å²) in [5.74, 6) is 0.482. The maximum Gasteiger partial charge on any atom is 0.270 e. The van der Waals surface area contributed by atoms with Gasteiger partial charge in [0.1, 0.15) is 5.69 Å². The van der Waals surface area contributed by atoms with Crippen LogP contribution >= 0.6 is 0 Å². The van der Waals surface area contributed by atoms with Crippen molar-refractivity contribution in [3.63, 3.8) is 0 Å². The molecule has 3 saturated heterocycles. The summed E-state index contributed by atoms with van der Waals surface area (Å²) in [6, 6.07) is 7.18. The quantitative estimate of drug-likeness (QED) is 0.872. The number of nitrogens with one attached hydrogen (secondary N) is 1. The highest BCUT2D eigenvalue weighted by molar-refractivity contribution is 5.94. The van der Waals surface area contributed by atoms with Gasteiger partial charge >= 0.3 is 0 Å². The SMILES string of the molecule is Cn1cccc1C(=O)N1C[C@@H]2[C@H](CNC(=O)c3ccncc3)[C@H]3CC[C@]2(C1)O3. The lowest BCUT2D eigenvalue weighted by atomic mass is 9.73. The second-order valence-electron chi connectivity index (χ2n) is 8.17. The highest BCUT2D eigenvalue weighted by atomic mass is 16.5. The molecule has 2 bridgehead atoms. The molecule has 3 aliphatic heterocycles. The van der Waals surface area contributed by atoms with Gasteiger partial charge in [-0.2, -0.15) is 0 Å². The molecular weight excluding hydrogens is 356 g/mol. The molecule has 7 nitrogen and oxygen atoms in total. The van der Waals surface area contributed by atoms with Gasteiger partial charge in [0.2, 0.25) is 0 Å². The number of hydrogen-bond acceptors (Lipinski definition) is 4. The highest BCUT2D eigenvalue weighted by Gasteiger charge is 2.63. The molecule has 0 aliphatic carbocycles. The lowest BCUT2D eigenvalue weighted by Gasteiger charge is -2.29. The monoisotopic (exact) mass is 380 g/mol. The predicted octanol–water partition coefficient (Wildman–Crippen LogP) is 1.47. The lowest BCUT2D eigenvalue weighted by Crippen LogP contribution is -2.41. The average Bonchev–Trinajstić information content (AvgIpc) is 3.46. The van der Waals surface area contributed by atoms with E-state index in [9.17, 15) is 9.59 Å². The molecule has 0 unspecified atom stereocenters. The van der Waals surface area contributed by atoms with Crippen LogP contribution in [0.3, 0.4) is 0 Å². The molecule has 7 heteroatoms. The fraction of sp³-hybridized carbons (Fsp3) is 0.476. The Balaban J connectivity index is 1.29. The van der Waals surface area contributed by atoms with Gasteiger partial charge in [0.05, 0.1) is 18.2 Å². The molecule has 0 aromatic carbocycles. The highest BCUT2D eigenvalue weighted by Crippen LogP contribution is 2.54. The molecule has 0 saturated carbocycles. The number of fused-ring (bicyclic) bond motifs is 1. The average molecular weight is 380 g/mol. The number of aryl methyl sites for hydroxylation is 1. The van der Waals surface area contributed by atoms with Gasteiger partial charge in [-0.15, -0.1) is 0 Å². The molecule has 2 aromatic rings. The minimum absolute atomic E-state index is 0.0582. The molecule has 1 spiro atoms. The fourth-order valence-electron chi connectivity index (χ4n) is 5.28. The first-order valence-electron chi connectivity index (χ1n) is 9.84. The Kier molecular flexibility index (Phi) is 4.01. The summed E-state index contributed by atoms with van der Waals surface area (Å²) in [7, 11) is 1.89. The Hall–Kier alpha value is -2.67. The van der Waals surface area contributed by atoms with Crippen LogP contribution < -0.4 is 5.32 Å². The number of carbonyl (C=O) groups is 2. The van der Waals surface area contributed by atoms with Gasteiger partial charge in [0.25, 0.3) is 11.8 Å². The van der Waals surface area contributed by atoms with Crippen LogP contribution in [0.25, 0.3) is 0 Å². The first kappa shape index (κ1) is 17.4. The van der Waals surface area contributed by atoms with E-state index in [1.165, 1.54) is 0 Å². The number of amides is 2. The van der Waals surface area contributed by atoms with Crippen LogP contribution in [-0.4, -0.2) is 57.6 Å².